The van der Waals surface area contributed by atoms with Crippen molar-refractivity contribution in [1.29, 1.82) is 0 Å². The van der Waals surface area contributed by atoms with Crippen LogP contribution in [0.25, 0.3) is 11.1 Å². The smallest absolute Gasteiger partial charge is 0.251 e. The van der Waals surface area contributed by atoms with Crippen LogP contribution in [-0.4, -0.2) is 55.1 Å². The lowest BCUT2D eigenvalue weighted by atomic mass is 10.0. The number of hydrogen-bond donors (Lipinski definition) is 1. The Morgan fingerprint density at radius 3 is 2.24 bits per heavy atom. The van der Waals surface area contributed by atoms with Gasteiger partial charge in [-0.1, -0.05) is 12.1 Å². The van der Waals surface area contributed by atoms with Crippen molar-refractivity contribution in [2.24, 2.45) is 0 Å². The first-order chi connectivity index (χ1) is 14.3. The van der Waals surface area contributed by atoms with E-state index in [9.17, 15) is 4.79 Å². The monoisotopic (exact) mass is 392 g/mol. The highest BCUT2D eigenvalue weighted by Crippen LogP contribution is 2.23. The molecule has 3 heterocycles. The first kappa shape index (κ1) is 19.9. The molecule has 2 fully saturated rings. The summed E-state index contributed by atoms with van der Waals surface area (Å²) in [6.07, 6.45) is 9.42. The number of nitrogens with one attached hydrogen (secondary N) is 1. The SMILES string of the molecule is O=C(NCCCN1CCCC1)c1ccc(-c2ccc(N3CCCCC3)nc2)cc1. The molecule has 154 valence electrons. The molecule has 0 unspecified atom stereocenters. The Balaban J connectivity index is 1.28. The zero-order valence-corrected chi connectivity index (χ0v) is 17.3. The third kappa shape index (κ3) is 5.36. The van der Waals surface area contributed by atoms with Crippen molar-refractivity contribution in [1.82, 2.24) is 15.2 Å². The Bertz CT molecular complexity index is 776. The Hall–Kier alpha value is -2.40. The first-order valence-electron chi connectivity index (χ1n) is 11.1. The summed E-state index contributed by atoms with van der Waals surface area (Å²) in [5.74, 6) is 1.08. The molecular formula is C24H32N4O. The predicted octanol–water partition coefficient (Wildman–Crippen LogP) is 3.95. The van der Waals surface area contributed by atoms with Gasteiger partial charge in [-0.05, 0) is 88.0 Å². The van der Waals surface area contributed by atoms with Crippen LogP contribution in [0.3, 0.4) is 0 Å². The molecule has 0 saturated carbocycles. The first-order valence-corrected chi connectivity index (χ1v) is 11.1. The number of pyridine rings is 1. The van der Waals surface area contributed by atoms with Gasteiger partial charge in [0.15, 0.2) is 0 Å². The number of rotatable bonds is 7. The molecule has 0 radical (unpaired) electrons. The lowest BCUT2D eigenvalue weighted by Gasteiger charge is -2.27. The maximum Gasteiger partial charge on any atom is 0.251 e. The number of piperidine rings is 1. The average Bonchev–Trinajstić information content (AvgIpc) is 3.31. The summed E-state index contributed by atoms with van der Waals surface area (Å²) in [7, 11) is 0. The third-order valence-electron chi connectivity index (χ3n) is 6.04. The fourth-order valence-corrected chi connectivity index (χ4v) is 4.29. The summed E-state index contributed by atoms with van der Waals surface area (Å²) < 4.78 is 0. The zero-order chi connectivity index (χ0) is 19.9. The van der Waals surface area contributed by atoms with Gasteiger partial charge in [-0.3, -0.25) is 4.79 Å². The van der Waals surface area contributed by atoms with E-state index in [0.29, 0.717) is 5.56 Å². The number of anilines is 1. The zero-order valence-electron chi connectivity index (χ0n) is 17.3. The van der Waals surface area contributed by atoms with Crippen molar-refractivity contribution in [2.45, 2.75) is 38.5 Å². The van der Waals surface area contributed by atoms with Crippen molar-refractivity contribution in [3.63, 3.8) is 0 Å². The molecule has 1 aromatic carbocycles. The van der Waals surface area contributed by atoms with Gasteiger partial charge >= 0.3 is 0 Å². The Labute approximate surface area is 174 Å². The van der Waals surface area contributed by atoms with Crippen LogP contribution in [0.2, 0.25) is 0 Å². The van der Waals surface area contributed by atoms with Crippen LogP contribution in [0.15, 0.2) is 42.6 Å². The Morgan fingerprint density at radius 2 is 1.55 bits per heavy atom. The van der Waals surface area contributed by atoms with E-state index in [1.807, 2.05) is 30.5 Å². The molecule has 2 aromatic rings. The van der Waals surface area contributed by atoms with E-state index in [1.165, 1.54) is 45.2 Å². The lowest BCUT2D eigenvalue weighted by Crippen LogP contribution is -2.29. The maximum absolute atomic E-state index is 12.4. The van der Waals surface area contributed by atoms with Crippen molar-refractivity contribution < 1.29 is 4.79 Å². The summed E-state index contributed by atoms with van der Waals surface area (Å²) in [5, 5.41) is 3.04. The van der Waals surface area contributed by atoms with E-state index in [4.69, 9.17) is 0 Å². The van der Waals surface area contributed by atoms with Gasteiger partial charge in [0.2, 0.25) is 0 Å². The molecule has 0 bridgehead atoms. The van der Waals surface area contributed by atoms with Gasteiger partial charge < -0.3 is 15.1 Å². The van der Waals surface area contributed by atoms with Crippen LogP contribution >= 0.6 is 0 Å². The lowest BCUT2D eigenvalue weighted by molar-refractivity contribution is 0.0952. The molecule has 1 amide bonds. The third-order valence-corrected chi connectivity index (χ3v) is 6.04. The number of amides is 1. The minimum absolute atomic E-state index is 0.0107. The quantitative estimate of drug-likeness (QED) is 0.725. The number of carbonyl (C=O) groups excluding carboxylic acids is 1. The Morgan fingerprint density at radius 1 is 0.862 bits per heavy atom. The van der Waals surface area contributed by atoms with Gasteiger partial charge in [0.25, 0.3) is 5.91 Å². The highest BCUT2D eigenvalue weighted by Gasteiger charge is 2.13. The van der Waals surface area contributed by atoms with E-state index in [0.717, 1.165) is 49.5 Å². The van der Waals surface area contributed by atoms with Gasteiger partial charge in [0, 0.05) is 37.0 Å². The molecule has 29 heavy (non-hydrogen) atoms. The van der Waals surface area contributed by atoms with Crippen molar-refractivity contribution in [3.8, 4) is 11.1 Å². The second-order valence-corrected chi connectivity index (χ2v) is 8.19. The normalized spacial score (nSPS) is 17.4. The average molecular weight is 393 g/mol. The highest BCUT2D eigenvalue weighted by molar-refractivity contribution is 5.94. The number of hydrogen-bond acceptors (Lipinski definition) is 4. The molecule has 2 aliphatic heterocycles. The van der Waals surface area contributed by atoms with Gasteiger partial charge in [0.05, 0.1) is 0 Å². The molecule has 1 N–H and O–H groups in total. The Kier molecular flexibility index (Phi) is 6.78. The number of carbonyl (C=O) groups is 1. The van der Waals surface area contributed by atoms with E-state index in [-0.39, 0.29) is 5.91 Å². The molecule has 5 nitrogen and oxygen atoms in total. The molecule has 1 aromatic heterocycles. The molecule has 2 aliphatic rings. The van der Waals surface area contributed by atoms with Crippen LogP contribution < -0.4 is 10.2 Å². The van der Waals surface area contributed by atoms with Crippen LogP contribution in [0.4, 0.5) is 5.82 Å². The van der Waals surface area contributed by atoms with Crippen LogP contribution in [0.1, 0.15) is 48.9 Å². The van der Waals surface area contributed by atoms with Crippen LogP contribution in [0.5, 0.6) is 0 Å². The molecule has 0 atom stereocenters. The summed E-state index contributed by atoms with van der Waals surface area (Å²) in [6, 6.07) is 12.1. The summed E-state index contributed by atoms with van der Waals surface area (Å²) >= 11 is 0. The summed E-state index contributed by atoms with van der Waals surface area (Å²) in [4.78, 5) is 21.9. The topological polar surface area (TPSA) is 48.5 Å². The largest absolute Gasteiger partial charge is 0.357 e. The molecule has 5 heteroatoms. The second-order valence-electron chi connectivity index (χ2n) is 8.19. The predicted molar refractivity (Wildman–Crippen MR) is 118 cm³/mol. The van der Waals surface area contributed by atoms with Crippen molar-refractivity contribution in [3.05, 3.63) is 48.2 Å². The van der Waals surface area contributed by atoms with Gasteiger partial charge in [-0.2, -0.15) is 0 Å². The van der Waals surface area contributed by atoms with Gasteiger partial charge in [-0.25, -0.2) is 4.98 Å². The number of likely N-dealkylation sites (tertiary alicyclic amines) is 1. The van der Waals surface area contributed by atoms with E-state index >= 15 is 0 Å². The van der Waals surface area contributed by atoms with E-state index in [1.54, 1.807) is 0 Å². The molecule has 4 rings (SSSR count). The molecule has 0 spiro atoms. The fourth-order valence-electron chi connectivity index (χ4n) is 4.29. The fraction of sp³-hybridized carbons (Fsp3) is 0.500. The highest BCUT2D eigenvalue weighted by atomic mass is 16.1. The molecular weight excluding hydrogens is 360 g/mol. The summed E-state index contributed by atoms with van der Waals surface area (Å²) in [6.45, 7) is 6.45. The van der Waals surface area contributed by atoms with Crippen LogP contribution in [0, 0.1) is 0 Å². The minimum atomic E-state index is 0.0107. The second kappa shape index (κ2) is 9.88. The number of aromatic nitrogens is 1. The van der Waals surface area contributed by atoms with E-state index < -0.39 is 0 Å². The molecule has 0 aliphatic carbocycles. The standard InChI is InChI=1S/C24H32N4O/c29-24(25-13-6-16-27-14-4-5-15-27)21-9-7-20(8-10-21)22-11-12-23(26-19-22)28-17-2-1-3-18-28/h7-12,19H,1-6,13-18H2,(H,25,29). The van der Waals surface area contributed by atoms with Crippen LogP contribution in [-0.2, 0) is 0 Å². The minimum Gasteiger partial charge on any atom is -0.357 e. The maximum atomic E-state index is 12.4. The van der Waals surface area contributed by atoms with E-state index in [2.05, 4.69) is 32.2 Å². The van der Waals surface area contributed by atoms with Crippen molar-refractivity contribution >= 4 is 11.7 Å². The van der Waals surface area contributed by atoms with Gasteiger partial charge in [0.1, 0.15) is 5.82 Å². The number of benzene rings is 1. The summed E-state index contributed by atoms with van der Waals surface area (Å²) in [5.41, 5.74) is 2.89. The van der Waals surface area contributed by atoms with Gasteiger partial charge in [-0.15, -0.1) is 0 Å². The van der Waals surface area contributed by atoms with Crippen molar-refractivity contribution in [2.75, 3.05) is 44.2 Å². The number of nitrogens with zero attached hydrogens (tertiary/aromatic N) is 3. The molecule has 2 saturated heterocycles.